The molecule has 1 saturated heterocycles. The minimum Gasteiger partial charge on any atom is -0.379 e. The molecule has 1 aromatic heterocycles. The van der Waals surface area contributed by atoms with Crippen molar-refractivity contribution in [3.63, 3.8) is 0 Å². The lowest BCUT2D eigenvalue weighted by Gasteiger charge is -2.14. The van der Waals surface area contributed by atoms with Crippen LogP contribution in [0, 0.1) is 0 Å². The minimum atomic E-state index is -0.0245. The van der Waals surface area contributed by atoms with Crippen LogP contribution in [0.15, 0.2) is 35.8 Å². The van der Waals surface area contributed by atoms with Crippen LogP contribution >= 0.6 is 11.3 Å². The average Bonchev–Trinajstić information content (AvgIpc) is 3.08. The predicted molar refractivity (Wildman–Crippen MR) is 76.6 cm³/mol. The van der Waals surface area contributed by atoms with E-state index in [1.807, 2.05) is 29.6 Å². The molecule has 5 nitrogen and oxygen atoms in total. The molecule has 1 aromatic carbocycles. The Morgan fingerprint density at radius 2 is 2.21 bits per heavy atom. The molecule has 2 aromatic rings. The number of carbonyl (C=O) groups is 1. The Balaban J connectivity index is 1.64. The normalized spacial score (nSPS) is 14.5. The maximum Gasteiger partial charge on any atom is 0.321 e. The van der Waals surface area contributed by atoms with E-state index in [0.29, 0.717) is 6.54 Å². The second-order valence-electron chi connectivity index (χ2n) is 4.21. The largest absolute Gasteiger partial charge is 0.379 e. The molecule has 19 heavy (non-hydrogen) atoms. The Kier molecular flexibility index (Phi) is 3.33. The summed E-state index contributed by atoms with van der Waals surface area (Å²) in [5.74, 6) is 0. The first-order chi connectivity index (χ1) is 9.33. The van der Waals surface area contributed by atoms with Crippen molar-refractivity contribution >= 4 is 28.7 Å². The fourth-order valence-corrected chi connectivity index (χ4v) is 2.55. The smallest absolute Gasteiger partial charge is 0.321 e. The van der Waals surface area contributed by atoms with Gasteiger partial charge in [0.2, 0.25) is 0 Å². The van der Waals surface area contributed by atoms with Gasteiger partial charge in [-0.15, -0.1) is 11.3 Å². The molecule has 0 atom stereocenters. The monoisotopic (exact) mass is 274 g/mol. The van der Waals surface area contributed by atoms with Crippen LogP contribution in [-0.4, -0.2) is 24.1 Å². The van der Waals surface area contributed by atoms with Crippen LogP contribution < -0.4 is 15.5 Å². The number of anilines is 2. The van der Waals surface area contributed by atoms with Gasteiger partial charge in [0.25, 0.3) is 0 Å². The second-order valence-corrected chi connectivity index (χ2v) is 5.19. The van der Waals surface area contributed by atoms with Crippen LogP contribution in [0.2, 0.25) is 0 Å². The van der Waals surface area contributed by atoms with Crippen molar-refractivity contribution in [2.24, 2.45) is 0 Å². The van der Waals surface area contributed by atoms with E-state index < -0.39 is 0 Å². The van der Waals surface area contributed by atoms with Crippen LogP contribution in [0.3, 0.4) is 0 Å². The van der Waals surface area contributed by atoms with Gasteiger partial charge >= 0.3 is 6.03 Å². The number of nitrogens with one attached hydrogen (secondary N) is 2. The molecule has 1 aliphatic rings. The molecular weight excluding hydrogens is 260 g/mol. The van der Waals surface area contributed by atoms with Crippen molar-refractivity contribution in [2.45, 2.75) is 6.54 Å². The number of rotatable bonds is 4. The van der Waals surface area contributed by atoms with Crippen LogP contribution in [0.4, 0.5) is 16.2 Å². The van der Waals surface area contributed by atoms with Crippen LogP contribution in [0.1, 0.15) is 5.01 Å². The fraction of sp³-hybridized carbons (Fsp3) is 0.231. The van der Waals surface area contributed by atoms with E-state index in [4.69, 9.17) is 0 Å². The Hall–Kier alpha value is -2.08. The fourth-order valence-electron chi connectivity index (χ4n) is 2.00. The summed E-state index contributed by atoms with van der Waals surface area (Å²) >= 11 is 1.63. The van der Waals surface area contributed by atoms with Crippen LogP contribution in [0.25, 0.3) is 0 Å². The molecule has 2 N–H and O–H groups in total. The molecular formula is C13H14N4OS. The molecule has 1 aliphatic heterocycles. The van der Waals surface area contributed by atoms with Gasteiger partial charge in [0.15, 0.2) is 0 Å². The van der Waals surface area contributed by atoms with E-state index in [1.165, 1.54) is 0 Å². The molecule has 0 spiro atoms. The third-order valence-electron chi connectivity index (χ3n) is 2.96. The van der Waals surface area contributed by atoms with Crippen molar-refractivity contribution in [3.8, 4) is 0 Å². The number of benzene rings is 1. The van der Waals surface area contributed by atoms with Gasteiger partial charge in [-0.3, -0.25) is 4.90 Å². The predicted octanol–water partition coefficient (Wildman–Crippen LogP) is 2.28. The van der Waals surface area contributed by atoms with E-state index in [2.05, 4.69) is 15.6 Å². The lowest BCUT2D eigenvalue weighted by atomic mass is 10.2. The summed E-state index contributed by atoms with van der Waals surface area (Å²) in [7, 11) is 0. The number of amides is 2. The summed E-state index contributed by atoms with van der Waals surface area (Å²) < 4.78 is 0. The third kappa shape index (κ3) is 2.68. The Bertz CT molecular complexity index is 553. The number of aromatic nitrogens is 1. The van der Waals surface area contributed by atoms with Crippen molar-refractivity contribution in [3.05, 3.63) is 40.8 Å². The van der Waals surface area contributed by atoms with E-state index >= 15 is 0 Å². The van der Waals surface area contributed by atoms with Gasteiger partial charge < -0.3 is 10.6 Å². The Morgan fingerprint density at radius 1 is 1.37 bits per heavy atom. The highest BCUT2D eigenvalue weighted by atomic mass is 32.1. The van der Waals surface area contributed by atoms with Gasteiger partial charge in [0.05, 0.1) is 6.54 Å². The van der Waals surface area contributed by atoms with Crippen LogP contribution in [-0.2, 0) is 6.54 Å². The number of urea groups is 1. The van der Waals surface area contributed by atoms with E-state index in [9.17, 15) is 4.79 Å². The zero-order valence-corrected chi connectivity index (χ0v) is 11.1. The molecule has 3 rings (SSSR count). The number of carbonyl (C=O) groups excluding carboxylic acids is 1. The molecule has 1 fully saturated rings. The molecule has 0 radical (unpaired) electrons. The minimum absolute atomic E-state index is 0.0245. The van der Waals surface area contributed by atoms with Gasteiger partial charge in [-0.2, -0.15) is 0 Å². The molecule has 2 amide bonds. The first-order valence-electron chi connectivity index (χ1n) is 6.10. The lowest BCUT2D eigenvalue weighted by Crippen LogP contribution is -2.27. The summed E-state index contributed by atoms with van der Waals surface area (Å²) in [6.07, 6.45) is 1.80. The number of nitrogens with zero attached hydrogens (tertiary/aromatic N) is 2. The van der Waals surface area contributed by atoms with Gasteiger partial charge in [-0.1, -0.05) is 0 Å². The first kappa shape index (κ1) is 12.0. The number of hydrogen-bond acceptors (Lipinski definition) is 4. The SMILES string of the molecule is O=C1NCCN1c1ccc(NCc2nccs2)cc1. The first-order valence-corrected chi connectivity index (χ1v) is 6.98. The highest BCUT2D eigenvalue weighted by molar-refractivity contribution is 7.09. The van der Waals surface area contributed by atoms with Gasteiger partial charge in [-0.25, -0.2) is 9.78 Å². The summed E-state index contributed by atoms with van der Waals surface area (Å²) in [5, 5.41) is 9.12. The zero-order chi connectivity index (χ0) is 13.1. The quantitative estimate of drug-likeness (QED) is 0.899. The molecule has 0 bridgehead atoms. The Morgan fingerprint density at radius 3 is 2.84 bits per heavy atom. The zero-order valence-electron chi connectivity index (χ0n) is 10.3. The number of hydrogen-bond donors (Lipinski definition) is 2. The molecule has 98 valence electrons. The van der Waals surface area contributed by atoms with Crippen molar-refractivity contribution in [1.29, 1.82) is 0 Å². The molecule has 0 aliphatic carbocycles. The second kappa shape index (κ2) is 5.27. The highest BCUT2D eigenvalue weighted by Gasteiger charge is 2.20. The molecule has 6 heteroatoms. The third-order valence-corrected chi connectivity index (χ3v) is 3.74. The van der Waals surface area contributed by atoms with Crippen molar-refractivity contribution in [2.75, 3.05) is 23.3 Å². The molecule has 0 saturated carbocycles. The molecule has 0 unspecified atom stereocenters. The summed E-state index contributed by atoms with van der Waals surface area (Å²) in [5.41, 5.74) is 1.95. The maximum absolute atomic E-state index is 11.5. The van der Waals surface area contributed by atoms with Gasteiger partial charge in [0.1, 0.15) is 5.01 Å². The van der Waals surface area contributed by atoms with Crippen molar-refractivity contribution < 1.29 is 4.79 Å². The van der Waals surface area contributed by atoms with Gasteiger partial charge in [0, 0.05) is 36.0 Å². The summed E-state index contributed by atoms with van der Waals surface area (Å²) in [6, 6.07) is 7.84. The maximum atomic E-state index is 11.5. The lowest BCUT2D eigenvalue weighted by molar-refractivity contribution is 0.252. The topological polar surface area (TPSA) is 57.3 Å². The number of thiazole rings is 1. The van der Waals surface area contributed by atoms with E-state index in [0.717, 1.165) is 29.5 Å². The van der Waals surface area contributed by atoms with Crippen molar-refractivity contribution in [1.82, 2.24) is 10.3 Å². The average molecular weight is 274 g/mol. The van der Waals surface area contributed by atoms with Gasteiger partial charge in [-0.05, 0) is 24.3 Å². The molecule has 2 heterocycles. The Labute approximate surface area is 115 Å². The van der Waals surface area contributed by atoms with E-state index in [1.54, 1.807) is 22.4 Å². The summed E-state index contributed by atoms with van der Waals surface area (Å²) in [6.45, 7) is 2.16. The standard InChI is InChI=1S/C13H14N4OS/c18-13-15-5-7-17(13)11-3-1-10(2-4-11)16-9-12-14-6-8-19-12/h1-4,6,8,16H,5,7,9H2,(H,15,18). The van der Waals surface area contributed by atoms with Crippen LogP contribution in [0.5, 0.6) is 0 Å². The highest BCUT2D eigenvalue weighted by Crippen LogP contribution is 2.20. The van der Waals surface area contributed by atoms with E-state index in [-0.39, 0.29) is 6.03 Å². The summed E-state index contributed by atoms with van der Waals surface area (Å²) in [4.78, 5) is 17.5.